The predicted molar refractivity (Wildman–Crippen MR) is 85.4 cm³/mol. The van der Waals surface area contributed by atoms with Crippen molar-refractivity contribution in [3.63, 3.8) is 0 Å². The van der Waals surface area contributed by atoms with Gasteiger partial charge in [0.2, 0.25) is 10.0 Å². The lowest BCUT2D eigenvalue weighted by Crippen LogP contribution is -2.37. The average Bonchev–Trinajstić information content (AvgIpc) is 2.38. The molecule has 0 amide bonds. The molecule has 0 radical (unpaired) electrons. The zero-order chi connectivity index (χ0) is 16.2. The lowest BCUT2D eigenvalue weighted by molar-refractivity contribution is 0.0695. The van der Waals surface area contributed by atoms with E-state index in [1.165, 1.54) is 16.4 Å². The maximum atomic E-state index is 12.6. The van der Waals surface area contributed by atoms with Crippen molar-refractivity contribution in [1.29, 1.82) is 5.26 Å². The SMILES string of the molecule is CC(C)N(CCC#N)S(=O)(=O)c1ccc(I)c(C(=O)O)c1. The van der Waals surface area contributed by atoms with Crippen molar-refractivity contribution in [2.75, 3.05) is 6.54 Å². The van der Waals surface area contributed by atoms with Gasteiger partial charge in [0.25, 0.3) is 0 Å². The summed E-state index contributed by atoms with van der Waals surface area (Å²) < 4.78 is 26.8. The average molecular weight is 422 g/mol. The molecule has 1 N–H and O–H groups in total. The second-order valence-electron chi connectivity index (χ2n) is 4.56. The summed E-state index contributed by atoms with van der Waals surface area (Å²) in [7, 11) is -3.83. The number of halogens is 1. The van der Waals surface area contributed by atoms with Crippen molar-refractivity contribution < 1.29 is 18.3 Å². The Morgan fingerprint density at radius 2 is 2.10 bits per heavy atom. The molecule has 1 rings (SSSR count). The molecule has 6 nitrogen and oxygen atoms in total. The van der Waals surface area contributed by atoms with Gasteiger partial charge in [-0.15, -0.1) is 0 Å². The molecule has 1 aromatic carbocycles. The fraction of sp³-hybridized carbons (Fsp3) is 0.385. The third-order valence-corrected chi connectivity index (χ3v) is 5.81. The molecule has 0 atom stereocenters. The van der Waals surface area contributed by atoms with Crippen LogP contribution >= 0.6 is 22.6 Å². The highest BCUT2D eigenvalue weighted by molar-refractivity contribution is 14.1. The molecule has 0 saturated heterocycles. The maximum Gasteiger partial charge on any atom is 0.336 e. The monoisotopic (exact) mass is 422 g/mol. The maximum absolute atomic E-state index is 12.6. The molecule has 0 aliphatic heterocycles. The summed E-state index contributed by atoms with van der Waals surface area (Å²) in [5.74, 6) is -1.18. The van der Waals surface area contributed by atoms with Crippen LogP contribution in [0.25, 0.3) is 0 Å². The molecule has 21 heavy (non-hydrogen) atoms. The molecule has 0 fully saturated rings. The number of nitrogens with zero attached hydrogens (tertiary/aromatic N) is 2. The lowest BCUT2D eigenvalue weighted by atomic mass is 10.2. The Morgan fingerprint density at radius 1 is 1.48 bits per heavy atom. The quantitative estimate of drug-likeness (QED) is 0.710. The van der Waals surface area contributed by atoms with Gasteiger partial charge in [-0.25, -0.2) is 13.2 Å². The van der Waals surface area contributed by atoms with E-state index in [0.717, 1.165) is 6.07 Å². The Bertz CT molecular complexity index is 680. The van der Waals surface area contributed by atoms with E-state index in [2.05, 4.69) is 0 Å². The molecule has 0 aliphatic rings. The Morgan fingerprint density at radius 3 is 2.57 bits per heavy atom. The highest BCUT2D eigenvalue weighted by atomic mass is 127. The predicted octanol–water partition coefficient (Wildman–Crippen LogP) is 2.30. The Hall–Kier alpha value is -1.18. The first-order valence-corrected chi connectivity index (χ1v) is 8.65. The Labute approximate surface area is 137 Å². The summed E-state index contributed by atoms with van der Waals surface area (Å²) in [6, 6.07) is 5.58. The standard InChI is InChI=1S/C13H15IN2O4S/c1-9(2)16(7-3-6-15)21(19,20)10-4-5-12(14)11(8-10)13(17)18/h4-5,8-9H,3,7H2,1-2H3,(H,17,18). The Balaban J connectivity index is 3.32. The van der Waals surface area contributed by atoms with Crippen LogP contribution in [0.5, 0.6) is 0 Å². The van der Waals surface area contributed by atoms with E-state index >= 15 is 0 Å². The number of sulfonamides is 1. The van der Waals surface area contributed by atoms with Crippen molar-refractivity contribution in [3.05, 3.63) is 27.3 Å². The number of hydrogen-bond acceptors (Lipinski definition) is 4. The molecule has 0 aromatic heterocycles. The largest absolute Gasteiger partial charge is 0.478 e. The van der Waals surface area contributed by atoms with Gasteiger partial charge in [-0.05, 0) is 54.6 Å². The van der Waals surface area contributed by atoms with E-state index in [0.29, 0.717) is 3.57 Å². The van der Waals surface area contributed by atoms with E-state index < -0.39 is 16.0 Å². The molecule has 0 bridgehead atoms. The van der Waals surface area contributed by atoms with Crippen molar-refractivity contribution in [1.82, 2.24) is 4.31 Å². The second-order valence-corrected chi connectivity index (χ2v) is 7.62. The van der Waals surface area contributed by atoms with Gasteiger partial charge >= 0.3 is 5.97 Å². The normalized spacial score (nSPS) is 11.6. The number of rotatable bonds is 6. The van der Waals surface area contributed by atoms with Crippen LogP contribution in [0.2, 0.25) is 0 Å². The van der Waals surface area contributed by atoms with Crippen LogP contribution in [-0.4, -0.2) is 36.4 Å². The topological polar surface area (TPSA) is 98.5 Å². The van der Waals surface area contributed by atoms with E-state index in [1.54, 1.807) is 13.8 Å². The first kappa shape index (κ1) is 17.9. The summed E-state index contributed by atoms with van der Waals surface area (Å²) in [6.07, 6.45) is 0.0770. The smallest absolute Gasteiger partial charge is 0.336 e. The molecular formula is C13H15IN2O4S. The number of carboxylic acid groups (broad SMARTS) is 1. The number of aromatic carboxylic acids is 1. The van der Waals surface area contributed by atoms with Crippen molar-refractivity contribution in [2.24, 2.45) is 0 Å². The third-order valence-electron chi connectivity index (χ3n) is 2.79. The van der Waals surface area contributed by atoms with Crippen LogP contribution < -0.4 is 0 Å². The van der Waals surface area contributed by atoms with Crippen LogP contribution in [0.15, 0.2) is 23.1 Å². The molecule has 0 aliphatic carbocycles. The fourth-order valence-electron chi connectivity index (χ4n) is 1.78. The van der Waals surface area contributed by atoms with E-state index in [9.17, 15) is 13.2 Å². The van der Waals surface area contributed by atoms with Crippen molar-refractivity contribution >= 4 is 38.6 Å². The summed E-state index contributed by atoms with van der Waals surface area (Å²) >= 11 is 1.84. The van der Waals surface area contributed by atoms with E-state index in [4.69, 9.17) is 10.4 Å². The minimum atomic E-state index is -3.83. The zero-order valence-electron chi connectivity index (χ0n) is 11.6. The summed E-state index contributed by atoms with van der Waals surface area (Å²) in [6.45, 7) is 3.49. The number of carbonyl (C=O) groups is 1. The van der Waals surface area contributed by atoms with Crippen LogP contribution in [-0.2, 0) is 10.0 Å². The van der Waals surface area contributed by atoms with Gasteiger partial charge in [0, 0.05) is 22.6 Å². The first-order valence-electron chi connectivity index (χ1n) is 6.13. The summed E-state index contributed by atoms with van der Waals surface area (Å²) in [5, 5.41) is 17.7. The molecule has 0 spiro atoms. The van der Waals surface area contributed by atoms with Crippen molar-refractivity contribution in [3.8, 4) is 6.07 Å². The summed E-state index contributed by atoms with van der Waals surface area (Å²) in [5.41, 5.74) is -0.0549. The Kier molecular flexibility index (Phi) is 6.12. The number of hydrogen-bond donors (Lipinski definition) is 1. The molecule has 8 heteroatoms. The van der Waals surface area contributed by atoms with Crippen LogP contribution in [0.1, 0.15) is 30.6 Å². The van der Waals surface area contributed by atoms with Gasteiger partial charge in [-0.3, -0.25) is 0 Å². The van der Waals surface area contributed by atoms with Crippen LogP contribution in [0.4, 0.5) is 0 Å². The first-order chi connectivity index (χ1) is 9.71. The second kappa shape index (κ2) is 7.20. The number of nitriles is 1. The van der Waals surface area contributed by atoms with Gasteiger partial charge in [0.05, 0.1) is 16.5 Å². The van der Waals surface area contributed by atoms with Gasteiger partial charge < -0.3 is 5.11 Å². The van der Waals surface area contributed by atoms with Gasteiger partial charge in [-0.1, -0.05) is 0 Å². The molecule has 0 saturated carbocycles. The van der Waals surface area contributed by atoms with Crippen LogP contribution in [0, 0.1) is 14.9 Å². The molecule has 114 valence electrons. The highest BCUT2D eigenvalue weighted by Gasteiger charge is 2.27. The van der Waals surface area contributed by atoms with Crippen LogP contribution in [0.3, 0.4) is 0 Å². The van der Waals surface area contributed by atoms with E-state index in [-0.39, 0.29) is 29.5 Å². The molecule has 0 heterocycles. The summed E-state index contributed by atoms with van der Waals surface area (Å²) in [4.78, 5) is 11.0. The van der Waals surface area contributed by atoms with Crippen molar-refractivity contribution in [2.45, 2.75) is 31.2 Å². The zero-order valence-corrected chi connectivity index (χ0v) is 14.6. The molecule has 0 unspecified atom stereocenters. The number of benzene rings is 1. The minimum absolute atomic E-state index is 0.0549. The number of carboxylic acids is 1. The molecular weight excluding hydrogens is 407 g/mol. The van der Waals surface area contributed by atoms with Gasteiger partial charge in [0.15, 0.2) is 0 Å². The lowest BCUT2D eigenvalue weighted by Gasteiger charge is -2.25. The fourth-order valence-corrected chi connectivity index (χ4v) is 4.01. The third kappa shape index (κ3) is 4.15. The van der Waals surface area contributed by atoms with Gasteiger partial charge in [-0.2, -0.15) is 9.57 Å². The highest BCUT2D eigenvalue weighted by Crippen LogP contribution is 2.22. The van der Waals surface area contributed by atoms with Gasteiger partial charge in [0.1, 0.15) is 0 Å². The van der Waals surface area contributed by atoms with E-state index in [1.807, 2.05) is 28.7 Å². The minimum Gasteiger partial charge on any atom is -0.478 e. The molecule has 1 aromatic rings.